The number of rotatable bonds is 5. The Hall–Kier alpha value is -0.470. The third-order valence-electron chi connectivity index (χ3n) is 3.49. The van der Waals surface area contributed by atoms with Crippen molar-refractivity contribution in [2.75, 3.05) is 26.7 Å². The Kier molecular flexibility index (Phi) is 4.97. The molecule has 0 radical (unpaired) electrons. The second-order valence-corrected chi connectivity index (χ2v) is 8.01. The summed E-state index contributed by atoms with van der Waals surface area (Å²) in [6.45, 7) is 2.14. The van der Waals surface area contributed by atoms with E-state index in [1.165, 1.54) is 4.31 Å². The van der Waals surface area contributed by atoms with Gasteiger partial charge in [0.15, 0.2) is 0 Å². The summed E-state index contributed by atoms with van der Waals surface area (Å²) >= 11 is 1.57. The molecular weight excluding hydrogens is 282 g/mol. The van der Waals surface area contributed by atoms with E-state index in [1.54, 1.807) is 22.7 Å². The minimum absolute atomic E-state index is 0.290. The Morgan fingerprint density at radius 1 is 1.58 bits per heavy atom. The number of nitrogens with zero attached hydrogens (tertiary/aromatic N) is 2. The minimum atomic E-state index is -3.36. The van der Waals surface area contributed by atoms with Crippen molar-refractivity contribution in [2.24, 2.45) is 11.7 Å². The van der Waals surface area contributed by atoms with Crippen LogP contribution in [-0.2, 0) is 16.8 Å². The first-order valence-corrected chi connectivity index (χ1v) is 8.75. The first-order valence-electron chi connectivity index (χ1n) is 6.48. The molecule has 1 saturated heterocycles. The van der Waals surface area contributed by atoms with Crippen LogP contribution in [-0.4, -0.2) is 43.7 Å². The summed E-state index contributed by atoms with van der Waals surface area (Å²) in [5, 5.41) is 1.96. The standard InChI is InChI=1S/C12H21N3O2S2/c1-14(10-12-5-3-7-18-12)19(16,17)15-6-2-4-11(8-13)9-15/h3,5,7,11H,2,4,6,8-10,13H2,1H3. The van der Waals surface area contributed by atoms with E-state index in [2.05, 4.69) is 0 Å². The second-order valence-electron chi connectivity index (χ2n) is 4.95. The van der Waals surface area contributed by atoms with E-state index in [1.807, 2.05) is 17.5 Å². The number of thiophene rings is 1. The van der Waals surface area contributed by atoms with E-state index in [0.29, 0.717) is 32.1 Å². The second kappa shape index (κ2) is 6.32. The first kappa shape index (κ1) is 14.9. The van der Waals surface area contributed by atoms with E-state index in [0.717, 1.165) is 17.7 Å². The van der Waals surface area contributed by atoms with Crippen molar-refractivity contribution in [3.05, 3.63) is 22.4 Å². The molecule has 1 aliphatic heterocycles. The lowest BCUT2D eigenvalue weighted by molar-refractivity contribution is 0.255. The molecule has 1 fully saturated rings. The smallest absolute Gasteiger partial charge is 0.282 e. The summed E-state index contributed by atoms with van der Waals surface area (Å²) in [6.07, 6.45) is 1.92. The highest BCUT2D eigenvalue weighted by Gasteiger charge is 2.31. The maximum Gasteiger partial charge on any atom is 0.282 e. The quantitative estimate of drug-likeness (QED) is 0.885. The predicted octanol–water partition coefficient (Wildman–Crippen LogP) is 1.10. The molecule has 5 nitrogen and oxygen atoms in total. The Morgan fingerprint density at radius 3 is 3.00 bits per heavy atom. The fourth-order valence-electron chi connectivity index (χ4n) is 2.33. The highest BCUT2D eigenvalue weighted by molar-refractivity contribution is 7.86. The van der Waals surface area contributed by atoms with Crippen LogP contribution in [0.3, 0.4) is 0 Å². The lowest BCUT2D eigenvalue weighted by Gasteiger charge is -2.33. The number of hydrogen-bond acceptors (Lipinski definition) is 4. The predicted molar refractivity (Wildman–Crippen MR) is 78.1 cm³/mol. The van der Waals surface area contributed by atoms with Gasteiger partial charge in [-0.25, -0.2) is 0 Å². The molecular formula is C12H21N3O2S2. The van der Waals surface area contributed by atoms with Crippen LogP contribution in [0.1, 0.15) is 17.7 Å². The van der Waals surface area contributed by atoms with Gasteiger partial charge < -0.3 is 5.73 Å². The van der Waals surface area contributed by atoms with Gasteiger partial charge in [0.05, 0.1) is 0 Å². The summed E-state index contributed by atoms with van der Waals surface area (Å²) < 4.78 is 28.0. The van der Waals surface area contributed by atoms with Gasteiger partial charge in [-0.05, 0) is 36.8 Å². The lowest BCUT2D eigenvalue weighted by Crippen LogP contribution is -2.47. The molecule has 0 bridgehead atoms. The fraction of sp³-hybridized carbons (Fsp3) is 0.667. The van der Waals surface area contributed by atoms with Gasteiger partial charge in [-0.3, -0.25) is 0 Å². The van der Waals surface area contributed by atoms with Crippen LogP contribution < -0.4 is 5.73 Å². The fourth-order valence-corrected chi connectivity index (χ4v) is 4.62. The Labute approximate surface area is 119 Å². The van der Waals surface area contributed by atoms with Crippen LogP contribution in [0.2, 0.25) is 0 Å². The average Bonchev–Trinajstić information content (AvgIpc) is 2.91. The van der Waals surface area contributed by atoms with Crippen molar-refractivity contribution < 1.29 is 8.42 Å². The number of hydrogen-bond donors (Lipinski definition) is 1. The zero-order chi connectivity index (χ0) is 13.9. The normalized spacial score (nSPS) is 21.9. The summed E-state index contributed by atoms with van der Waals surface area (Å²) in [5.41, 5.74) is 5.66. The largest absolute Gasteiger partial charge is 0.330 e. The van der Waals surface area contributed by atoms with Gasteiger partial charge in [-0.1, -0.05) is 6.07 Å². The molecule has 0 spiro atoms. The highest BCUT2D eigenvalue weighted by Crippen LogP contribution is 2.21. The van der Waals surface area contributed by atoms with Crippen LogP contribution in [0.15, 0.2) is 17.5 Å². The zero-order valence-corrected chi connectivity index (χ0v) is 12.8. The lowest BCUT2D eigenvalue weighted by atomic mass is 10.0. The molecule has 2 heterocycles. The van der Waals surface area contributed by atoms with Crippen molar-refractivity contribution >= 4 is 21.5 Å². The number of piperidine rings is 1. The van der Waals surface area contributed by atoms with Crippen molar-refractivity contribution in [1.29, 1.82) is 0 Å². The first-order chi connectivity index (χ1) is 9.04. The molecule has 7 heteroatoms. The van der Waals surface area contributed by atoms with Gasteiger partial charge in [0.25, 0.3) is 10.2 Å². The van der Waals surface area contributed by atoms with E-state index < -0.39 is 10.2 Å². The molecule has 1 aromatic heterocycles. The van der Waals surface area contributed by atoms with E-state index in [-0.39, 0.29) is 0 Å². The molecule has 2 rings (SSSR count). The maximum atomic E-state index is 12.5. The molecule has 2 N–H and O–H groups in total. The topological polar surface area (TPSA) is 66.6 Å². The molecule has 0 saturated carbocycles. The Balaban J connectivity index is 2.04. The average molecular weight is 303 g/mol. The SMILES string of the molecule is CN(Cc1cccs1)S(=O)(=O)N1CCCC(CN)C1. The molecule has 1 atom stereocenters. The molecule has 1 aromatic rings. The van der Waals surface area contributed by atoms with E-state index in [4.69, 9.17) is 5.73 Å². The summed E-state index contributed by atoms with van der Waals surface area (Å²) in [4.78, 5) is 1.05. The molecule has 1 unspecified atom stereocenters. The van der Waals surface area contributed by atoms with Gasteiger partial charge in [0.2, 0.25) is 0 Å². The van der Waals surface area contributed by atoms with Gasteiger partial charge in [-0.15, -0.1) is 11.3 Å². The molecule has 1 aliphatic rings. The van der Waals surface area contributed by atoms with Gasteiger partial charge in [0.1, 0.15) is 0 Å². The Morgan fingerprint density at radius 2 is 2.37 bits per heavy atom. The van der Waals surface area contributed by atoms with Gasteiger partial charge >= 0.3 is 0 Å². The van der Waals surface area contributed by atoms with Crippen molar-refractivity contribution in [3.8, 4) is 0 Å². The van der Waals surface area contributed by atoms with E-state index >= 15 is 0 Å². The molecule has 19 heavy (non-hydrogen) atoms. The van der Waals surface area contributed by atoms with Crippen molar-refractivity contribution in [1.82, 2.24) is 8.61 Å². The van der Waals surface area contributed by atoms with Gasteiger partial charge in [-0.2, -0.15) is 17.0 Å². The van der Waals surface area contributed by atoms with Crippen LogP contribution >= 0.6 is 11.3 Å². The summed E-state index contributed by atoms with van der Waals surface area (Å²) in [7, 11) is -1.72. The monoisotopic (exact) mass is 303 g/mol. The summed E-state index contributed by atoms with van der Waals surface area (Å²) in [6, 6.07) is 3.89. The number of nitrogens with two attached hydrogens (primary N) is 1. The summed E-state index contributed by atoms with van der Waals surface area (Å²) in [5.74, 6) is 0.290. The van der Waals surface area contributed by atoms with Crippen LogP contribution in [0, 0.1) is 5.92 Å². The third kappa shape index (κ3) is 3.55. The zero-order valence-electron chi connectivity index (χ0n) is 11.2. The maximum absolute atomic E-state index is 12.5. The van der Waals surface area contributed by atoms with Gasteiger partial charge in [0, 0.05) is 31.6 Å². The molecule has 0 aromatic carbocycles. The molecule has 0 amide bonds. The van der Waals surface area contributed by atoms with Crippen LogP contribution in [0.5, 0.6) is 0 Å². The Bertz CT molecular complexity index is 487. The molecule has 108 valence electrons. The van der Waals surface area contributed by atoms with E-state index in [9.17, 15) is 8.42 Å². The van der Waals surface area contributed by atoms with Crippen LogP contribution in [0.25, 0.3) is 0 Å². The van der Waals surface area contributed by atoms with Crippen LogP contribution in [0.4, 0.5) is 0 Å². The third-order valence-corrected chi connectivity index (χ3v) is 6.26. The highest BCUT2D eigenvalue weighted by atomic mass is 32.2. The van der Waals surface area contributed by atoms with Crippen molar-refractivity contribution in [3.63, 3.8) is 0 Å². The minimum Gasteiger partial charge on any atom is -0.330 e. The van der Waals surface area contributed by atoms with Crippen molar-refractivity contribution in [2.45, 2.75) is 19.4 Å². The molecule has 0 aliphatic carbocycles.